The average molecular weight is 632 g/mol. The van der Waals surface area contributed by atoms with Crippen molar-refractivity contribution in [3.8, 4) is 0 Å². The lowest BCUT2D eigenvalue weighted by Gasteiger charge is -2.70. The highest BCUT2D eigenvalue weighted by Gasteiger charge is 2.92. The zero-order valence-corrected chi connectivity index (χ0v) is 26.4. The standard InChI is InChI=1S/C33H45NO11/c1-6-34-14-30(15-35)19(37)12-20(41-3)32-18-13-31(40)27(44-29(39)17-10-8-7-9-11-17)21(18)33(45-16(2)36,26(38)28(31)43-5)22(25(32)34)23(42-4)24(30)32/h7-11,18-28,35,37-38,40H,6,12-15H2,1-5H3/t18-,19-,20+,21-,22-,23+,24-,25?,26+,27-,28+,30+,31-,32+,33-/m1/s1. The SMILES string of the molecule is CCN1C[C@]2(CO)[C@H](O)C[C@H](OC)[C@]34C1[C@@H]([C@H](OC)[C@H]23)[C@]1(OC(C)=O)[C@H]2[C@@H](OC(=O)c3ccccc3)[C@](O)(C[C@H]24)[C@@H](OC)[C@@H]1O. The highest BCUT2D eigenvalue weighted by molar-refractivity contribution is 5.89. The first-order valence-corrected chi connectivity index (χ1v) is 16.0. The van der Waals surface area contributed by atoms with Crippen LogP contribution in [0.2, 0.25) is 0 Å². The van der Waals surface area contributed by atoms with Crippen molar-refractivity contribution in [1.29, 1.82) is 0 Å². The molecule has 5 aliphatic carbocycles. The molecular formula is C33H45NO11. The van der Waals surface area contributed by atoms with Crippen molar-refractivity contribution >= 4 is 11.9 Å². The average Bonchev–Trinajstić information content (AvgIpc) is 3.40. The third-order valence-electron chi connectivity index (χ3n) is 13.0. The van der Waals surface area contributed by atoms with Crippen molar-refractivity contribution in [2.75, 3.05) is 41.0 Å². The van der Waals surface area contributed by atoms with Gasteiger partial charge >= 0.3 is 11.9 Å². The van der Waals surface area contributed by atoms with E-state index < -0.39 is 100 Å². The van der Waals surface area contributed by atoms with Crippen LogP contribution in [0.1, 0.15) is 37.0 Å². The van der Waals surface area contributed by atoms with Crippen LogP contribution >= 0.6 is 0 Å². The second kappa shape index (κ2) is 10.4. The summed E-state index contributed by atoms with van der Waals surface area (Å²) in [5, 5.41) is 48.1. The van der Waals surface area contributed by atoms with Crippen molar-refractivity contribution in [3.05, 3.63) is 35.9 Å². The Kier molecular flexibility index (Phi) is 7.28. The summed E-state index contributed by atoms with van der Waals surface area (Å²) in [5.41, 5.74) is -5.18. The molecule has 4 N–H and O–H groups in total. The molecule has 1 spiro atoms. The molecule has 0 amide bonds. The highest BCUT2D eigenvalue weighted by atomic mass is 16.6. The van der Waals surface area contributed by atoms with E-state index in [1.807, 2.05) is 6.92 Å². The van der Waals surface area contributed by atoms with Crippen molar-refractivity contribution < 1.29 is 53.7 Å². The highest BCUT2D eigenvalue weighted by Crippen LogP contribution is 2.80. The Hall–Kier alpha value is -2.16. The molecule has 1 aromatic rings. The van der Waals surface area contributed by atoms with Crippen LogP contribution in [-0.4, -0.2) is 132 Å². The summed E-state index contributed by atoms with van der Waals surface area (Å²) in [7, 11) is 4.54. The minimum absolute atomic E-state index is 0.0359. The lowest BCUT2D eigenvalue weighted by molar-refractivity contribution is -0.322. The van der Waals surface area contributed by atoms with Crippen LogP contribution in [0.3, 0.4) is 0 Å². The predicted molar refractivity (Wildman–Crippen MR) is 156 cm³/mol. The Bertz CT molecular complexity index is 1350. The third-order valence-corrected chi connectivity index (χ3v) is 13.0. The number of carbonyl (C=O) groups excluding carboxylic acids is 2. The van der Waals surface area contributed by atoms with E-state index in [2.05, 4.69) is 4.90 Å². The molecule has 45 heavy (non-hydrogen) atoms. The van der Waals surface area contributed by atoms with Crippen LogP contribution in [-0.2, 0) is 28.5 Å². The molecule has 6 fully saturated rings. The number of aliphatic hydroxyl groups is 4. The normalized spacial score (nSPS) is 50.7. The van der Waals surface area contributed by atoms with Gasteiger partial charge in [0.25, 0.3) is 0 Å². The number of carbonyl (C=O) groups is 2. The van der Waals surface area contributed by atoms with E-state index in [4.69, 9.17) is 23.7 Å². The number of aliphatic hydroxyl groups excluding tert-OH is 3. The Morgan fingerprint density at radius 3 is 2.31 bits per heavy atom. The second-order valence-electron chi connectivity index (χ2n) is 14.1. The zero-order chi connectivity index (χ0) is 32.3. The number of likely N-dealkylation sites (tertiary alicyclic amines) is 1. The van der Waals surface area contributed by atoms with E-state index in [0.29, 0.717) is 13.1 Å². The van der Waals surface area contributed by atoms with Gasteiger partial charge in [-0.1, -0.05) is 25.1 Å². The van der Waals surface area contributed by atoms with Crippen LogP contribution in [0.4, 0.5) is 0 Å². The van der Waals surface area contributed by atoms with Crippen molar-refractivity contribution in [1.82, 2.24) is 4.90 Å². The lowest BCUT2D eigenvalue weighted by Crippen LogP contribution is -2.81. The third kappa shape index (κ3) is 3.50. The lowest BCUT2D eigenvalue weighted by atomic mass is 9.42. The van der Waals surface area contributed by atoms with Gasteiger partial charge in [-0.2, -0.15) is 0 Å². The van der Waals surface area contributed by atoms with Gasteiger partial charge in [0.1, 0.15) is 23.9 Å². The van der Waals surface area contributed by atoms with Crippen molar-refractivity contribution in [2.45, 2.75) is 80.6 Å². The van der Waals surface area contributed by atoms with Gasteiger partial charge in [0.05, 0.1) is 30.5 Å². The van der Waals surface area contributed by atoms with Crippen molar-refractivity contribution in [2.24, 2.45) is 34.5 Å². The van der Waals surface area contributed by atoms with Gasteiger partial charge in [-0.25, -0.2) is 4.79 Å². The number of methoxy groups -OCH3 is 3. The minimum atomic E-state index is -1.86. The van der Waals surface area contributed by atoms with Crippen LogP contribution in [0.25, 0.3) is 0 Å². The van der Waals surface area contributed by atoms with E-state index in [-0.39, 0.29) is 25.0 Å². The molecule has 7 rings (SSSR count). The topological polar surface area (TPSA) is 164 Å². The number of benzene rings is 1. The molecule has 1 heterocycles. The van der Waals surface area contributed by atoms with Gasteiger partial charge in [-0.3, -0.25) is 9.69 Å². The van der Waals surface area contributed by atoms with Crippen LogP contribution < -0.4 is 0 Å². The summed E-state index contributed by atoms with van der Waals surface area (Å²) >= 11 is 0. The number of fused-ring (bicyclic) bond motifs is 2. The maximum absolute atomic E-state index is 13.7. The maximum atomic E-state index is 13.7. The molecule has 12 nitrogen and oxygen atoms in total. The summed E-state index contributed by atoms with van der Waals surface area (Å²) in [5.74, 6) is -3.98. The van der Waals surface area contributed by atoms with Gasteiger partial charge in [0.2, 0.25) is 0 Å². The molecule has 6 aliphatic rings. The summed E-state index contributed by atoms with van der Waals surface area (Å²) < 4.78 is 31.2. The molecule has 5 saturated carbocycles. The number of rotatable bonds is 8. The van der Waals surface area contributed by atoms with E-state index in [1.54, 1.807) is 44.6 Å². The van der Waals surface area contributed by atoms with E-state index in [9.17, 15) is 30.0 Å². The van der Waals surface area contributed by atoms with Crippen LogP contribution in [0.5, 0.6) is 0 Å². The summed E-state index contributed by atoms with van der Waals surface area (Å²) in [4.78, 5) is 29.1. The largest absolute Gasteiger partial charge is 0.455 e. The fourth-order valence-electron chi connectivity index (χ4n) is 12.1. The van der Waals surface area contributed by atoms with E-state index >= 15 is 0 Å². The summed E-state index contributed by atoms with van der Waals surface area (Å²) in [6.45, 7) is 3.84. The summed E-state index contributed by atoms with van der Waals surface area (Å²) in [6, 6.07) is 8.05. The van der Waals surface area contributed by atoms with Crippen LogP contribution in [0, 0.1) is 34.5 Å². The Morgan fingerprint density at radius 1 is 1.02 bits per heavy atom. The number of piperidine rings is 1. The number of hydrogen-bond donors (Lipinski definition) is 4. The quantitative estimate of drug-likeness (QED) is 0.284. The van der Waals surface area contributed by atoms with Gasteiger partial charge in [0.15, 0.2) is 5.60 Å². The van der Waals surface area contributed by atoms with Gasteiger partial charge in [-0.05, 0) is 31.0 Å². The Labute approximate surface area is 262 Å². The number of nitrogens with zero attached hydrogens (tertiary/aromatic N) is 1. The molecule has 1 saturated heterocycles. The molecule has 1 unspecified atom stereocenters. The number of esters is 2. The zero-order valence-electron chi connectivity index (χ0n) is 26.4. The fourth-order valence-corrected chi connectivity index (χ4v) is 12.1. The molecule has 1 aliphatic heterocycles. The first kappa shape index (κ1) is 31.4. The Morgan fingerprint density at radius 2 is 1.73 bits per heavy atom. The fraction of sp³-hybridized carbons (Fsp3) is 0.758. The number of ether oxygens (including phenoxy) is 5. The predicted octanol–water partition coefficient (Wildman–Crippen LogP) is -0.00600. The molecule has 248 valence electrons. The molecular weight excluding hydrogens is 586 g/mol. The van der Waals surface area contributed by atoms with E-state index in [0.717, 1.165) is 0 Å². The first-order chi connectivity index (χ1) is 21.5. The molecule has 12 heteroatoms. The van der Waals surface area contributed by atoms with E-state index in [1.165, 1.54) is 14.0 Å². The molecule has 15 atom stereocenters. The molecule has 1 aromatic carbocycles. The van der Waals surface area contributed by atoms with Gasteiger partial charge < -0.3 is 44.1 Å². The van der Waals surface area contributed by atoms with Crippen molar-refractivity contribution in [3.63, 3.8) is 0 Å². The number of hydrogen-bond acceptors (Lipinski definition) is 12. The molecule has 0 radical (unpaired) electrons. The first-order valence-electron chi connectivity index (χ1n) is 16.0. The van der Waals surface area contributed by atoms with Gasteiger partial charge in [-0.15, -0.1) is 0 Å². The second-order valence-corrected chi connectivity index (χ2v) is 14.1. The minimum Gasteiger partial charge on any atom is -0.455 e. The maximum Gasteiger partial charge on any atom is 0.338 e. The molecule has 0 aromatic heterocycles. The summed E-state index contributed by atoms with van der Waals surface area (Å²) in [6.07, 6.45) is -5.97. The van der Waals surface area contributed by atoms with Gasteiger partial charge in [0, 0.05) is 75.8 Å². The smallest absolute Gasteiger partial charge is 0.338 e. The van der Waals surface area contributed by atoms with Crippen LogP contribution in [0.15, 0.2) is 30.3 Å². The monoisotopic (exact) mass is 631 g/mol. The molecule has 7 bridgehead atoms. The Balaban J connectivity index is 1.53.